The number of hydrogen-bond acceptors (Lipinski definition) is 2. The van der Waals surface area contributed by atoms with Crippen LogP contribution in [0.4, 0.5) is 0 Å². The Morgan fingerprint density at radius 3 is 2.65 bits per heavy atom. The molecule has 1 rings (SSSR count). The van der Waals surface area contributed by atoms with Crippen molar-refractivity contribution >= 4 is 29.5 Å². The van der Waals surface area contributed by atoms with Crippen molar-refractivity contribution in [1.82, 2.24) is 0 Å². The molecule has 0 atom stereocenters. The van der Waals surface area contributed by atoms with E-state index in [-0.39, 0.29) is 0 Å². The Morgan fingerprint density at radius 2 is 2.06 bits per heavy atom. The van der Waals surface area contributed by atoms with Crippen LogP contribution in [0.2, 0.25) is 10.0 Å². The van der Waals surface area contributed by atoms with E-state index in [4.69, 9.17) is 27.9 Å². The Kier molecular flexibility index (Phi) is 5.79. The largest absolute Gasteiger partial charge is 0.491 e. The fourth-order valence-corrected chi connectivity index (χ4v) is 2.05. The van der Waals surface area contributed by atoms with Crippen molar-refractivity contribution < 1.29 is 9.53 Å². The van der Waals surface area contributed by atoms with Gasteiger partial charge in [-0.1, -0.05) is 37.0 Å². The molecule has 1 aromatic rings. The van der Waals surface area contributed by atoms with Crippen molar-refractivity contribution in [2.24, 2.45) is 5.92 Å². The zero-order valence-electron chi connectivity index (χ0n) is 10.0. The van der Waals surface area contributed by atoms with Gasteiger partial charge in [0.2, 0.25) is 0 Å². The molecule has 0 unspecified atom stereocenters. The van der Waals surface area contributed by atoms with Crippen molar-refractivity contribution in [1.29, 1.82) is 0 Å². The molecule has 0 amide bonds. The van der Waals surface area contributed by atoms with Gasteiger partial charge >= 0.3 is 0 Å². The summed E-state index contributed by atoms with van der Waals surface area (Å²) in [6.45, 7) is 4.87. The van der Waals surface area contributed by atoms with Crippen LogP contribution in [0.25, 0.3) is 0 Å². The molecule has 4 heteroatoms. The zero-order chi connectivity index (χ0) is 12.8. The highest BCUT2D eigenvalue weighted by Crippen LogP contribution is 2.31. The van der Waals surface area contributed by atoms with E-state index < -0.39 is 0 Å². The van der Waals surface area contributed by atoms with E-state index in [1.165, 1.54) is 0 Å². The van der Waals surface area contributed by atoms with Crippen molar-refractivity contribution in [3.8, 4) is 5.75 Å². The molecule has 0 spiro atoms. The molecule has 2 nitrogen and oxygen atoms in total. The van der Waals surface area contributed by atoms with Crippen LogP contribution >= 0.6 is 23.2 Å². The summed E-state index contributed by atoms with van der Waals surface area (Å²) in [6.07, 6.45) is 2.73. The first-order chi connectivity index (χ1) is 8.04. The molecule has 0 aliphatic rings. The van der Waals surface area contributed by atoms with E-state index in [9.17, 15) is 4.79 Å². The van der Waals surface area contributed by atoms with Crippen LogP contribution in [-0.4, -0.2) is 12.9 Å². The van der Waals surface area contributed by atoms with Crippen LogP contribution in [0.15, 0.2) is 12.1 Å². The molecule has 0 saturated carbocycles. The average Bonchev–Trinajstić information content (AvgIpc) is 2.25. The smallest absolute Gasteiger partial charge is 0.153 e. The summed E-state index contributed by atoms with van der Waals surface area (Å²) in [5.74, 6) is 1.07. The molecule has 0 aliphatic heterocycles. The summed E-state index contributed by atoms with van der Waals surface area (Å²) in [4.78, 5) is 10.9. The van der Waals surface area contributed by atoms with Crippen LogP contribution in [0.5, 0.6) is 5.75 Å². The third-order valence-corrected chi connectivity index (χ3v) is 2.84. The minimum atomic E-state index is 0.379. The lowest BCUT2D eigenvalue weighted by Gasteiger charge is -2.11. The maximum atomic E-state index is 10.9. The molecular formula is C13H16Cl2O2. The van der Waals surface area contributed by atoms with Crippen molar-refractivity contribution in [2.45, 2.75) is 26.7 Å². The molecule has 0 N–H and O–H groups in total. The molecule has 0 bridgehead atoms. The Balaban J connectivity index is 2.66. The Bertz CT molecular complexity index is 389. The molecule has 94 valence electrons. The van der Waals surface area contributed by atoms with Gasteiger partial charge in [-0.25, -0.2) is 0 Å². The summed E-state index contributed by atoms with van der Waals surface area (Å²) in [5.41, 5.74) is 0.395. The number of carbonyl (C=O) groups excluding carboxylic acids is 1. The molecule has 0 fully saturated rings. The number of carbonyl (C=O) groups is 1. The van der Waals surface area contributed by atoms with Gasteiger partial charge in [0.25, 0.3) is 0 Å². The molecule has 0 aromatic heterocycles. The summed E-state index contributed by atoms with van der Waals surface area (Å²) < 4.78 is 5.54. The highest BCUT2D eigenvalue weighted by molar-refractivity contribution is 6.36. The number of hydrogen-bond donors (Lipinski definition) is 0. The summed E-state index contributed by atoms with van der Waals surface area (Å²) >= 11 is 11.8. The molecule has 0 aliphatic carbocycles. The lowest BCUT2D eigenvalue weighted by molar-refractivity contribution is 0.111. The molecule has 0 saturated heterocycles. The van der Waals surface area contributed by atoms with Gasteiger partial charge in [0.05, 0.1) is 17.2 Å². The van der Waals surface area contributed by atoms with Crippen LogP contribution in [0.3, 0.4) is 0 Å². The van der Waals surface area contributed by atoms with Crippen molar-refractivity contribution in [2.75, 3.05) is 6.61 Å². The standard InChI is InChI=1S/C13H16Cl2O2/c1-9(2)4-3-5-17-13-10(8-16)6-11(14)7-12(13)15/h6-9H,3-5H2,1-2H3. The Hall–Kier alpha value is -0.730. The number of ether oxygens (including phenoxy) is 1. The SMILES string of the molecule is CC(C)CCCOc1c(Cl)cc(Cl)cc1C=O. The van der Waals surface area contributed by atoms with E-state index in [0.717, 1.165) is 12.8 Å². The lowest BCUT2D eigenvalue weighted by atomic mass is 10.1. The topological polar surface area (TPSA) is 26.3 Å². The van der Waals surface area contributed by atoms with Gasteiger partial charge in [-0.2, -0.15) is 0 Å². The van der Waals surface area contributed by atoms with Gasteiger partial charge in [0, 0.05) is 5.02 Å². The zero-order valence-corrected chi connectivity index (χ0v) is 11.5. The van der Waals surface area contributed by atoms with Gasteiger partial charge in [0.15, 0.2) is 6.29 Å². The molecule has 1 aromatic carbocycles. The molecule has 0 heterocycles. The van der Waals surface area contributed by atoms with Gasteiger partial charge in [-0.05, 0) is 30.9 Å². The number of benzene rings is 1. The lowest BCUT2D eigenvalue weighted by Crippen LogP contribution is -2.02. The first-order valence-corrected chi connectivity index (χ1v) is 6.37. The Labute approximate surface area is 112 Å². The summed E-state index contributed by atoms with van der Waals surface area (Å²) in [6, 6.07) is 3.13. The average molecular weight is 275 g/mol. The predicted molar refractivity (Wildman–Crippen MR) is 71.4 cm³/mol. The molecule has 0 radical (unpaired) electrons. The minimum Gasteiger partial charge on any atom is -0.491 e. The molecular weight excluding hydrogens is 259 g/mol. The Morgan fingerprint density at radius 1 is 1.35 bits per heavy atom. The van der Waals surface area contributed by atoms with Crippen molar-refractivity contribution in [3.05, 3.63) is 27.7 Å². The third kappa shape index (κ3) is 4.57. The maximum Gasteiger partial charge on any atom is 0.153 e. The summed E-state index contributed by atoms with van der Waals surface area (Å²) in [5, 5.41) is 0.816. The van der Waals surface area contributed by atoms with E-state index in [0.29, 0.717) is 40.2 Å². The quantitative estimate of drug-likeness (QED) is 0.559. The van der Waals surface area contributed by atoms with Gasteiger partial charge in [-0.15, -0.1) is 0 Å². The second-order valence-electron chi connectivity index (χ2n) is 4.31. The van der Waals surface area contributed by atoms with Gasteiger partial charge in [0.1, 0.15) is 5.75 Å². The van der Waals surface area contributed by atoms with E-state index in [2.05, 4.69) is 13.8 Å². The summed E-state index contributed by atoms with van der Waals surface area (Å²) in [7, 11) is 0. The monoisotopic (exact) mass is 274 g/mol. The number of halogens is 2. The highest BCUT2D eigenvalue weighted by atomic mass is 35.5. The van der Waals surface area contributed by atoms with Crippen LogP contribution in [0.1, 0.15) is 37.0 Å². The third-order valence-electron chi connectivity index (χ3n) is 2.34. The normalized spacial score (nSPS) is 10.6. The van der Waals surface area contributed by atoms with E-state index in [1.54, 1.807) is 12.1 Å². The second kappa shape index (κ2) is 6.87. The second-order valence-corrected chi connectivity index (χ2v) is 5.15. The van der Waals surface area contributed by atoms with Crippen LogP contribution < -0.4 is 4.74 Å². The fraction of sp³-hybridized carbons (Fsp3) is 0.462. The van der Waals surface area contributed by atoms with E-state index in [1.807, 2.05) is 0 Å². The van der Waals surface area contributed by atoms with Gasteiger partial charge < -0.3 is 4.74 Å². The minimum absolute atomic E-state index is 0.379. The number of rotatable bonds is 6. The first-order valence-electron chi connectivity index (χ1n) is 5.61. The van der Waals surface area contributed by atoms with Gasteiger partial charge in [-0.3, -0.25) is 4.79 Å². The predicted octanol–water partition coefficient (Wildman–Crippen LogP) is 4.62. The van der Waals surface area contributed by atoms with Crippen LogP contribution in [-0.2, 0) is 0 Å². The van der Waals surface area contributed by atoms with Crippen molar-refractivity contribution in [3.63, 3.8) is 0 Å². The first kappa shape index (κ1) is 14.3. The van der Waals surface area contributed by atoms with Crippen LogP contribution in [0, 0.1) is 5.92 Å². The fourth-order valence-electron chi connectivity index (χ4n) is 1.49. The molecule has 17 heavy (non-hydrogen) atoms. The maximum absolute atomic E-state index is 10.9. The highest BCUT2D eigenvalue weighted by Gasteiger charge is 2.10. The van der Waals surface area contributed by atoms with E-state index >= 15 is 0 Å². The number of aldehydes is 1.